The van der Waals surface area contributed by atoms with E-state index in [-0.39, 0.29) is 11.6 Å². The van der Waals surface area contributed by atoms with Gasteiger partial charge >= 0.3 is 5.69 Å². The zero-order chi connectivity index (χ0) is 16.9. The molecule has 6 heteroatoms. The highest BCUT2D eigenvalue weighted by atomic mass is 16.2. The summed E-state index contributed by atoms with van der Waals surface area (Å²) in [5, 5.41) is 0. The monoisotopic (exact) mass is 328 g/mol. The van der Waals surface area contributed by atoms with Crippen LogP contribution in [0, 0.1) is 0 Å². The van der Waals surface area contributed by atoms with Gasteiger partial charge < -0.3 is 19.8 Å². The fraction of sp³-hybridized carbons (Fsp3) is 0.444. The van der Waals surface area contributed by atoms with Gasteiger partial charge in [-0.2, -0.15) is 0 Å². The maximum Gasteiger partial charge on any atom is 0.323 e. The third-order valence-electron chi connectivity index (χ3n) is 4.73. The van der Waals surface area contributed by atoms with Crippen LogP contribution in [0.2, 0.25) is 0 Å². The van der Waals surface area contributed by atoms with Crippen molar-refractivity contribution in [1.82, 2.24) is 19.8 Å². The van der Waals surface area contributed by atoms with Crippen molar-refractivity contribution in [2.75, 3.05) is 26.7 Å². The number of hydrogen-bond donors (Lipinski definition) is 2. The molecule has 1 aromatic heterocycles. The van der Waals surface area contributed by atoms with Gasteiger partial charge in [-0.3, -0.25) is 4.79 Å². The van der Waals surface area contributed by atoms with E-state index in [1.807, 2.05) is 11.0 Å². The molecule has 1 fully saturated rings. The van der Waals surface area contributed by atoms with E-state index in [1.54, 1.807) is 0 Å². The number of nitrogens with one attached hydrogen (secondary N) is 2. The molecule has 3 rings (SSSR count). The van der Waals surface area contributed by atoms with Crippen LogP contribution in [0.4, 0.5) is 0 Å². The van der Waals surface area contributed by atoms with Crippen molar-refractivity contribution in [3.63, 3.8) is 0 Å². The molecule has 2 N–H and O–H groups in total. The molecule has 1 atom stereocenters. The van der Waals surface area contributed by atoms with Gasteiger partial charge in [-0.15, -0.1) is 0 Å². The Balaban J connectivity index is 1.56. The van der Waals surface area contributed by atoms with Crippen molar-refractivity contribution in [1.29, 1.82) is 0 Å². The lowest BCUT2D eigenvalue weighted by atomic mass is 10.0. The number of aromatic nitrogens is 2. The predicted molar refractivity (Wildman–Crippen MR) is 93.1 cm³/mol. The summed E-state index contributed by atoms with van der Waals surface area (Å²) in [5.74, 6) is -0.102. The molecule has 1 amide bonds. The number of likely N-dealkylation sites (N-methyl/N-ethyl adjacent to an activating group) is 1. The highest BCUT2D eigenvalue weighted by Gasteiger charge is 2.27. The molecular weight excluding hydrogens is 304 g/mol. The topological polar surface area (TPSA) is 72.2 Å². The number of rotatable bonds is 5. The second-order valence-corrected chi connectivity index (χ2v) is 6.42. The van der Waals surface area contributed by atoms with Crippen molar-refractivity contribution in [2.24, 2.45) is 0 Å². The second-order valence-electron chi connectivity index (χ2n) is 6.42. The zero-order valence-corrected chi connectivity index (χ0v) is 14.0. The smallest absolute Gasteiger partial charge is 0.323 e. The SMILES string of the molecule is CN(CCc1ccccc1)[C@H]1CCCN(C(=O)c2c[nH]c(=O)[nH]2)C1. The molecule has 1 aromatic carbocycles. The molecule has 0 aliphatic carbocycles. The van der Waals surface area contributed by atoms with Crippen LogP contribution in [0.1, 0.15) is 28.9 Å². The number of carbonyl (C=O) groups is 1. The van der Waals surface area contributed by atoms with Gasteiger partial charge in [0, 0.05) is 31.9 Å². The number of imidazole rings is 1. The number of likely N-dealkylation sites (tertiary alicyclic amines) is 1. The van der Waals surface area contributed by atoms with Crippen LogP contribution in [-0.2, 0) is 6.42 Å². The Hall–Kier alpha value is -2.34. The number of aromatic amines is 2. The van der Waals surface area contributed by atoms with Crippen LogP contribution >= 0.6 is 0 Å². The van der Waals surface area contributed by atoms with E-state index in [1.165, 1.54) is 11.8 Å². The summed E-state index contributed by atoms with van der Waals surface area (Å²) in [6, 6.07) is 10.8. The van der Waals surface area contributed by atoms with Crippen LogP contribution < -0.4 is 5.69 Å². The van der Waals surface area contributed by atoms with Gasteiger partial charge in [0.15, 0.2) is 0 Å². The van der Waals surface area contributed by atoms with Crippen LogP contribution in [0.25, 0.3) is 0 Å². The van der Waals surface area contributed by atoms with E-state index in [2.05, 4.69) is 46.2 Å². The van der Waals surface area contributed by atoms with E-state index >= 15 is 0 Å². The summed E-state index contributed by atoms with van der Waals surface area (Å²) < 4.78 is 0. The Morgan fingerprint density at radius 1 is 1.33 bits per heavy atom. The van der Waals surface area contributed by atoms with E-state index in [4.69, 9.17) is 0 Å². The van der Waals surface area contributed by atoms with Crippen molar-refractivity contribution >= 4 is 5.91 Å². The Labute approximate surface area is 141 Å². The Morgan fingerprint density at radius 3 is 2.83 bits per heavy atom. The number of carbonyl (C=O) groups excluding carboxylic acids is 1. The van der Waals surface area contributed by atoms with Gasteiger partial charge in [0.25, 0.3) is 5.91 Å². The molecule has 0 saturated carbocycles. The Morgan fingerprint density at radius 2 is 2.12 bits per heavy atom. The highest BCUT2D eigenvalue weighted by Crippen LogP contribution is 2.17. The summed E-state index contributed by atoms with van der Waals surface area (Å²) >= 11 is 0. The molecule has 0 unspecified atom stereocenters. The minimum atomic E-state index is -0.341. The van der Waals surface area contributed by atoms with Crippen LogP contribution in [0.3, 0.4) is 0 Å². The standard InChI is InChI=1S/C18H24N4O2/c1-21(11-9-14-6-3-2-4-7-14)15-8-5-10-22(13-15)17(23)16-12-19-18(24)20-16/h2-4,6-7,12,15H,5,8-11,13H2,1H3,(H2,19,20,24)/t15-/m0/s1. The largest absolute Gasteiger partial charge is 0.336 e. The first kappa shape index (κ1) is 16.5. The second kappa shape index (κ2) is 7.49. The first-order valence-electron chi connectivity index (χ1n) is 8.44. The molecule has 1 aliphatic heterocycles. The number of hydrogen-bond acceptors (Lipinski definition) is 3. The van der Waals surface area contributed by atoms with Gasteiger partial charge in [0.1, 0.15) is 5.69 Å². The summed E-state index contributed by atoms with van der Waals surface area (Å²) in [4.78, 5) is 32.9. The first-order valence-corrected chi connectivity index (χ1v) is 8.44. The number of nitrogens with zero attached hydrogens (tertiary/aromatic N) is 2. The first-order chi connectivity index (χ1) is 11.6. The lowest BCUT2D eigenvalue weighted by Crippen LogP contribution is -2.49. The van der Waals surface area contributed by atoms with Crippen molar-refractivity contribution < 1.29 is 4.79 Å². The summed E-state index contributed by atoms with van der Waals surface area (Å²) in [5.41, 5.74) is 1.33. The average molecular weight is 328 g/mol. The third-order valence-corrected chi connectivity index (χ3v) is 4.73. The summed E-state index contributed by atoms with van der Waals surface area (Å²) in [6.07, 6.45) is 4.54. The lowest BCUT2D eigenvalue weighted by molar-refractivity contribution is 0.0606. The predicted octanol–water partition coefficient (Wildman–Crippen LogP) is 1.48. The molecule has 1 aliphatic rings. The Bertz CT molecular complexity index is 722. The fourth-order valence-electron chi connectivity index (χ4n) is 3.25. The van der Waals surface area contributed by atoms with E-state index < -0.39 is 0 Å². The van der Waals surface area contributed by atoms with Gasteiger partial charge in [-0.25, -0.2) is 4.79 Å². The van der Waals surface area contributed by atoms with E-state index in [0.717, 1.165) is 32.4 Å². The maximum atomic E-state index is 12.5. The molecule has 1 saturated heterocycles. The molecular formula is C18H24N4O2. The molecule has 2 heterocycles. The van der Waals surface area contributed by atoms with Crippen molar-refractivity contribution in [3.8, 4) is 0 Å². The molecule has 128 valence electrons. The molecule has 0 spiro atoms. The number of amides is 1. The van der Waals surface area contributed by atoms with Crippen molar-refractivity contribution in [3.05, 3.63) is 58.3 Å². The summed E-state index contributed by atoms with van der Waals surface area (Å²) in [7, 11) is 2.12. The number of benzene rings is 1. The molecule has 6 nitrogen and oxygen atoms in total. The van der Waals surface area contributed by atoms with Gasteiger partial charge in [0.2, 0.25) is 0 Å². The van der Waals surface area contributed by atoms with Gasteiger partial charge in [0.05, 0.1) is 0 Å². The van der Waals surface area contributed by atoms with Gasteiger partial charge in [-0.05, 0) is 31.9 Å². The van der Waals surface area contributed by atoms with E-state index in [9.17, 15) is 9.59 Å². The molecule has 0 bridgehead atoms. The lowest BCUT2D eigenvalue weighted by Gasteiger charge is -2.37. The van der Waals surface area contributed by atoms with E-state index in [0.29, 0.717) is 18.3 Å². The average Bonchev–Trinajstić information content (AvgIpc) is 3.06. The number of H-pyrrole nitrogens is 2. The minimum absolute atomic E-state index is 0.102. The van der Waals surface area contributed by atoms with Crippen LogP contribution in [-0.4, -0.2) is 58.4 Å². The molecule has 2 aromatic rings. The summed E-state index contributed by atoms with van der Waals surface area (Å²) in [6.45, 7) is 2.42. The van der Waals surface area contributed by atoms with Crippen LogP contribution in [0.15, 0.2) is 41.3 Å². The maximum absolute atomic E-state index is 12.5. The van der Waals surface area contributed by atoms with Crippen LogP contribution in [0.5, 0.6) is 0 Å². The fourth-order valence-corrected chi connectivity index (χ4v) is 3.25. The van der Waals surface area contributed by atoms with Crippen molar-refractivity contribution in [2.45, 2.75) is 25.3 Å². The molecule has 0 radical (unpaired) electrons. The highest BCUT2D eigenvalue weighted by molar-refractivity contribution is 5.92. The Kier molecular flexibility index (Phi) is 5.15. The third kappa shape index (κ3) is 3.94. The molecule has 24 heavy (non-hydrogen) atoms. The zero-order valence-electron chi connectivity index (χ0n) is 14.0. The normalized spacial score (nSPS) is 18.1. The quantitative estimate of drug-likeness (QED) is 0.873. The minimum Gasteiger partial charge on any atom is -0.336 e. The number of piperidine rings is 1. The van der Waals surface area contributed by atoms with Gasteiger partial charge in [-0.1, -0.05) is 30.3 Å².